The van der Waals surface area contributed by atoms with Crippen molar-refractivity contribution < 1.29 is 0 Å². The maximum absolute atomic E-state index is 6.35. The van der Waals surface area contributed by atoms with Gasteiger partial charge in [0.25, 0.3) is 0 Å². The van der Waals surface area contributed by atoms with Gasteiger partial charge in [-0.2, -0.15) is 0 Å². The van der Waals surface area contributed by atoms with Crippen LogP contribution in [0.15, 0.2) is 59.1 Å². The molecule has 0 bridgehead atoms. The SMILES string of the molecule is NC(c1ccccc1)C1CC1c1ccc(Br)cc1. The number of halogens is 1. The van der Waals surface area contributed by atoms with Crippen LogP contribution in [-0.2, 0) is 0 Å². The number of nitrogens with two attached hydrogens (primary N) is 1. The first-order valence-corrected chi connectivity index (χ1v) is 7.11. The molecule has 3 rings (SSSR count). The van der Waals surface area contributed by atoms with E-state index in [-0.39, 0.29) is 6.04 Å². The van der Waals surface area contributed by atoms with Crippen LogP contribution in [0.25, 0.3) is 0 Å². The van der Waals surface area contributed by atoms with Crippen molar-refractivity contribution in [3.05, 3.63) is 70.2 Å². The van der Waals surface area contributed by atoms with Crippen molar-refractivity contribution >= 4 is 15.9 Å². The standard InChI is InChI=1S/C16H16BrN/c17-13-8-6-11(7-9-13)14-10-15(14)16(18)12-4-2-1-3-5-12/h1-9,14-16H,10,18H2. The van der Waals surface area contributed by atoms with E-state index in [9.17, 15) is 0 Å². The first-order valence-electron chi connectivity index (χ1n) is 6.31. The molecule has 0 heterocycles. The van der Waals surface area contributed by atoms with E-state index in [2.05, 4.69) is 64.5 Å². The summed E-state index contributed by atoms with van der Waals surface area (Å²) in [6, 6.07) is 19.2. The predicted molar refractivity (Wildman–Crippen MR) is 78.4 cm³/mol. The second-order valence-corrected chi connectivity index (χ2v) is 5.91. The normalized spacial score (nSPS) is 23.7. The molecule has 3 atom stereocenters. The highest BCUT2D eigenvalue weighted by molar-refractivity contribution is 9.10. The van der Waals surface area contributed by atoms with Gasteiger partial charge in [0.15, 0.2) is 0 Å². The molecule has 0 aromatic heterocycles. The Bertz CT molecular complexity index is 521. The third-order valence-electron chi connectivity index (χ3n) is 3.78. The predicted octanol–water partition coefficient (Wildman–Crippen LogP) is 4.25. The second kappa shape index (κ2) is 4.87. The lowest BCUT2D eigenvalue weighted by molar-refractivity contribution is 0.616. The quantitative estimate of drug-likeness (QED) is 0.901. The molecule has 1 fully saturated rings. The largest absolute Gasteiger partial charge is 0.324 e. The molecule has 2 heteroatoms. The van der Waals surface area contributed by atoms with Crippen LogP contribution in [0.5, 0.6) is 0 Å². The van der Waals surface area contributed by atoms with Crippen LogP contribution in [0, 0.1) is 5.92 Å². The van der Waals surface area contributed by atoms with Crippen molar-refractivity contribution in [2.24, 2.45) is 11.7 Å². The van der Waals surface area contributed by atoms with Crippen molar-refractivity contribution in [3.8, 4) is 0 Å². The Kier molecular flexibility index (Phi) is 3.23. The molecule has 1 nitrogen and oxygen atoms in total. The van der Waals surface area contributed by atoms with E-state index in [1.54, 1.807) is 0 Å². The molecule has 0 saturated heterocycles. The zero-order valence-electron chi connectivity index (χ0n) is 10.1. The van der Waals surface area contributed by atoms with Crippen molar-refractivity contribution in [1.29, 1.82) is 0 Å². The molecule has 0 amide bonds. The maximum atomic E-state index is 6.35. The average molecular weight is 302 g/mol. The summed E-state index contributed by atoms with van der Waals surface area (Å²) >= 11 is 3.47. The minimum atomic E-state index is 0.167. The lowest BCUT2D eigenvalue weighted by Crippen LogP contribution is -2.13. The summed E-state index contributed by atoms with van der Waals surface area (Å²) in [5.74, 6) is 1.22. The lowest BCUT2D eigenvalue weighted by Gasteiger charge is -2.11. The smallest absolute Gasteiger partial charge is 0.0329 e. The number of rotatable bonds is 3. The molecular weight excluding hydrogens is 286 g/mol. The van der Waals surface area contributed by atoms with Gasteiger partial charge in [-0.3, -0.25) is 0 Å². The molecule has 1 aliphatic rings. The fraction of sp³-hybridized carbons (Fsp3) is 0.250. The summed E-state index contributed by atoms with van der Waals surface area (Å²) < 4.78 is 1.14. The molecule has 18 heavy (non-hydrogen) atoms. The Balaban J connectivity index is 1.72. The molecule has 2 N–H and O–H groups in total. The topological polar surface area (TPSA) is 26.0 Å². The maximum Gasteiger partial charge on any atom is 0.0329 e. The summed E-state index contributed by atoms with van der Waals surface area (Å²) in [6.07, 6.45) is 1.21. The monoisotopic (exact) mass is 301 g/mol. The Hall–Kier alpha value is -1.12. The van der Waals surface area contributed by atoms with Crippen LogP contribution in [0.1, 0.15) is 29.5 Å². The van der Waals surface area contributed by atoms with Crippen LogP contribution < -0.4 is 5.73 Å². The van der Waals surface area contributed by atoms with Crippen molar-refractivity contribution in [2.45, 2.75) is 18.4 Å². The number of benzene rings is 2. The highest BCUT2D eigenvalue weighted by atomic mass is 79.9. The van der Waals surface area contributed by atoms with Crippen molar-refractivity contribution in [1.82, 2.24) is 0 Å². The van der Waals surface area contributed by atoms with Gasteiger partial charge in [0.05, 0.1) is 0 Å². The van der Waals surface area contributed by atoms with Gasteiger partial charge in [0, 0.05) is 10.5 Å². The van der Waals surface area contributed by atoms with Crippen LogP contribution in [0.4, 0.5) is 0 Å². The Labute approximate surface area is 116 Å². The van der Waals surface area contributed by atoms with Crippen LogP contribution in [0.2, 0.25) is 0 Å². The van der Waals surface area contributed by atoms with Gasteiger partial charge in [0.2, 0.25) is 0 Å². The first kappa shape index (κ1) is 11.9. The van der Waals surface area contributed by atoms with E-state index in [1.165, 1.54) is 17.5 Å². The molecule has 0 spiro atoms. The lowest BCUT2D eigenvalue weighted by atomic mass is 10.00. The van der Waals surface area contributed by atoms with E-state index >= 15 is 0 Å². The Morgan fingerprint density at radius 1 is 1.00 bits per heavy atom. The third-order valence-corrected chi connectivity index (χ3v) is 4.31. The van der Waals surface area contributed by atoms with Gasteiger partial charge in [0.1, 0.15) is 0 Å². The van der Waals surface area contributed by atoms with Crippen LogP contribution in [0.3, 0.4) is 0 Å². The summed E-state index contributed by atoms with van der Waals surface area (Å²) in [5, 5.41) is 0. The van der Waals surface area contributed by atoms with Crippen LogP contribution >= 0.6 is 15.9 Å². The third kappa shape index (κ3) is 2.36. The molecule has 2 aromatic carbocycles. The van der Waals surface area contributed by atoms with E-state index in [0.29, 0.717) is 11.8 Å². The van der Waals surface area contributed by atoms with Crippen molar-refractivity contribution in [3.63, 3.8) is 0 Å². The van der Waals surface area contributed by atoms with Gasteiger partial charge in [-0.25, -0.2) is 0 Å². The molecule has 2 aromatic rings. The van der Waals surface area contributed by atoms with Gasteiger partial charge >= 0.3 is 0 Å². The molecule has 1 aliphatic carbocycles. The van der Waals surface area contributed by atoms with Gasteiger partial charge in [-0.1, -0.05) is 58.4 Å². The number of hydrogen-bond donors (Lipinski definition) is 1. The fourth-order valence-corrected chi connectivity index (χ4v) is 2.89. The van der Waals surface area contributed by atoms with Crippen LogP contribution in [-0.4, -0.2) is 0 Å². The zero-order valence-corrected chi connectivity index (χ0v) is 11.7. The minimum Gasteiger partial charge on any atom is -0.324 e. The number of hydrogen-bond acceptors (Lipinski definition) is 1. The van der Waals surface area contributed by atoms with E-state index in [1.807, 2.05) is 6.07 Å². The minimum absolute atomic E-state index is 0.167. The highest BCUT2D eigenvalue weighted by Crippen LogP contribution is 2.53. The molecule has 3 unspecified atom stereocenters. The summed E-state index contributed by atoms with van der Waals surface area (Å²) in [5.41, 5.74) is 9.01. The summed E-state index contributed by atoms with van der Waals surface area (Å²) in [4.78, 5) is 0. The van der Waals surface area contributed by atoms with Gasteiger partial charge in [-0.15, -0.1) is 0 Å². The average Bonchev–Trinajstić information content (AvgIpc) is 3.20. The first-order chi connectivity index (χ1) is 8.75. The van der Waals surface area contributed by atoms with Gasteiger partial charge in [-0.05, 0) is 41.5 Å². The molecule has 92 valence electrons. The van der Waals surface area contributed by atoms with E-state index in [0.717, 1.165) is 4.47 Å². The molecule has 0 radical (unpaired) electrons. The van der Waals surface area contributed by atoms with Crippen molar-refractivity contribution in [2.75, 3.05) is 0 Å². The van der Waals surface area contributed by atoms with Gasteiger partial charge < -0.3 is 5.73 Å². The fourth-order valence-electron chi connectivity index (χ4n) is 2.63. The second-order valence-electron chi connectivity index (χ2n) is 4.99. The van der Waals surface area contributed by atoms with E-state index in [4.69, 9.17) is 5.73 Å². The summed E-state index contributed by atoms with van der Waals surface area (Å²) in [7, 11) is 0. The zero-order chi connectivity index (χ0) is 12.5. The molecule has 1 saturated carbocycles. The molecular formula is C16H16BrN. The Morgan fingerprint density at radius 3 is 2.33 bits per heavy atom. The Morgan fingerprint density at radius 2 is 1.67 bits per heavy atom. The summed E-state index contributed by atoms with van der Waals surface area (Å²) in [6.45, 7) is 0. The highest BCUT2D eigenvalue weighted by Gasteiger charge is 2.42. The van der Waals surface area contributed by atoms with E-state index < -0.39 is 0 Å². The molecule has 0 aliphatic heterocycles.